The van der Waals surface area contributed by atoms with E-state index in [1.165, 1.54) is 45.2 Å². The number of halogens is 1. The predicted octanol–water partition coefficient (Wildman–Crippen LogP) is 1.83. The number of unbranched alkanes of at least 4 members (excludes halogenated alkanes) is 1. The Bertz CT molecular complexity index is 553. The Kier molecular flexibility index (Phi) is 8.15. The molecule has 1 saturated heterocycles. The van der Waals surface area contributed by atoms with E-state index < -0.39 is 0 Å². The highest BCUT2D eigenvalue weighted by Gasteiger charge is 2.12. The minimum atomic E-state index is -0.161. The lowest BCUT2D eigenvalue weighted by Gasteiger charge is -2.32. The maximum atomic E-state index is 13.3. The molecular weight excluding hydrogens is 317 g/mol. The topological polar surface area (TPSA) is 42.9 Å². The van der Waals surface area contributed by atoms with Crippen LogP contribution < -0.4 is 10.6 Å². The van der Waals surface area contributed by atoms with E-state index in [2.05, 4.69) is 32.5 Å². The zero-order valence-corrected chi connectivity index (χ0v) is 15.8. The second-order valence-corrected chi connectivity index (χ2v) is 6.79. The molecule has 1 aliphatic rings. The van der Waals surface area contributed by atoms with Crippen LogP contribution in [0.3, 0.4) is 0 Å². The van der Waals surface area contributed by atoms with E-state index in [0.29, 0.717) is 12.1 Å². The number of rotatable bonds is 7. The molecule has 0 atom stereocenters. The smallest absolute Gasteiger partial charge is 0.191 e. The number of piperazine rings is 1. The second-order valence-electron chi connectivity index (χ2n) is 6.79. The zero-order chi connectivity index (χ0) is 18.1. The first-order valence-corrected chi connectivity index (χ1v) is 9.19. The van der Waals surface area contributed by atoms with Crippen molar-refractivity contribution < 1.29 is 4.39 Å². The second kappa shape index (κ2) is 10.4. The molecule has 0 radical (unpaired) electrons. The van der Waals surface area contributed by atoms with Crippen molar-refractivity contribution in [2.24, 2.45) is 4.99 Å². The Morgan fingerprint density at radius 1 is 1.16 bits per heavy atom. The Balaban J connectivity index is 1.59. The van der Waals surface area contributed by atoms with E-state index in [0.717, 1.165) is 24.5 Å². The molecule has 1 heterocycles. The number of hydrogen-bond acceptors (Lipinski definition) is 3. The van der Waals surface area contributed by atoms with Gasteiger partial charge in [0.1, 0.15) is 5.82 Å². The maximum absolute atomic E-state index is 13.3. The van der Waals surface area contributed by atoms with Crippen LogP contribution >= 0.6 is 0 Å². The third-order valence-corrected chi connectivity index (χ3v) is 4.70. The summed E-state index contributed by atoms with van der Waals surface area (Å²) in [5.74, 6) is 0.633. The fraction of sp³-hybridized carbons (Fsp3) is 0.632. The number of aryl methyl sites for hydroxylation is 1. The standard InChI is InChI=1S/C19H32FN5/c1-16-14-17(6-7-18(16)20)15-23-19(21-2)22-8-4-5-9-25-12-10-24(3)11-13-25/h6-7,14H,4-5,8-13,15H2,1-3H3,(H2,21,22,23). The molecule has 2 N–H and O–H groups in total. The summed E-state index contributed by atoms with van der Waals surface area (Å²) in [4.78, 5) is 9.17. The summed E-state index contributed by atoms with van der Waals surface area (Å²) in [5.41, 5.74) is 1.73. The van der Waals surface area contributed by atoms with Crippen molar-refractivity contribution in [1.29, 1.82) is 0 Å². The van der Waals surface area contributed by atoms with Gasteiger partial charge in [0.15, 0.2) is 5.96 Å². The first kappa shape index (κ1) is 19.7. The maximum Gasteiger partial charge on any atom is 0.191 e. The van der Waals surface area contributed by atoms with Crippen LogP contribution in [0.4, 0.5) is 4.39 Å². The van der Waals surface area contributed by atoms with Crippen molar-refractivity contribution >= 4 is 5.96 Å². The van der Waals surface area contributed by atoms with Gasteiger partial charge in [-0.05, 0) is 50.6 Å². The van der Waals surface area contributed by atoms with Crippen LogP contribution in [-0.4, -0.2) is 69.1 Å². The van der Waals surface area contributed by atoms with Crippen LogP contribution in [-0.2, 0) is 6.54 Å². The molecule has 1 aromatic rings. The number of hydrogen-bond donors (Lipinski definition) is 2. The van der Waals surface area contributed by atoms with Crippen LogP contribution in [0.15, 0.2) is 23.2 Å². The van der Waals surface area contributed by atoms with Crippen molar-refractivity contribution in [3.63, 3.8) is 0 Å². The van der Waals surface area contributed by atoms with Crippen LogP contribution in [0.5, 0.6) is 0 Å². The highest BCUT2D eigenvalue weighted by atomic mass is 19.1. The average Bonchev–Trinajstić information content (AvgIpc) is 2.62. The molecule has 5 nitrogen and oxygen atoms in total. The third kappa shape index (κ3) is 7.00. The number of likely N-dealkylation sites (N-methyl/N-ethyl adjacent to an activating group) is 1. The van der Waals surface area contributed by atoms with E-state index in [-0.39, 0.29) is 5.82 Å². The molecule has 0 aliphatic carbocycles. The molecule has 6 heteroatoms. The van der Waals surface area contributed by atoms with Gasteiger partial charge in [0.05, 0.1) is 0 Å². The molecule has 0 aromatic heterocycles. The number of guanidine groups is 1. The van der Waals surface area contributed by atoms with Crippen molar-refractivity contribution in [1.82, 2.24) is 20.4 Å². The Hall–Kier alpha value is -1.66. The Morgan fingerprint density at radius 2 is 1.92 bits per heavy atom. The van der Waals surface area contributed by atoms with Gasteiger partial charge >= 0.3 is 0 Å². The zero-order valence-electron chi connectivity index (χ0n) is 15.8. The van der Waals surface area contributed by atoms with E-state index in [1.807, 2.05) is 6.07 Å². The fourth-order valence-corrected chi connectivity index (χ4v) is 2.96. The Labute approximate surface area is 151 Å². The van der Waals surface area contributed by atoms with Crippen molar-refractivity contribution in [3.8, 4) is 0 Å². The summed E-state index contributed by atoms with van der Waals surface area (Å²) in [7, 11) is 3.96. The number of aliphatic imine (C=N–C) groups is 1. The van der Waals surface area contributed by atoms with E-state index in [1.54, 1.807) is 20.0 Å². The molecule has 1 aliphatic heterocycles. The summed E-state index contributed by atoms with van der Waals surface area (Å²) >= 11 is 0. The van der Waals surface area contributed by atoms with Crippen LogP contribution in [0.1, 0.15) is 24.0 Å². The normalized spacial score (nSPS) is 16.9. The molecule has 0 amide bonds. The molecule has 25 heavy (non-hydrogen) atoms. The summed E-state index contributed by atoms with van der Waals surface area (Å²) in [6.07, 6.45) is 2.33. The fourth-order valence-electron chi connectivity index (χ4n) is 2.96. The van der Waals surface area contributed by atoms with Gasteiger partial charge in [0, 0.05) is 46.3 Å². The van der Waals surface area contributed by atoms with E-state index in [9.17, 15) is 4.39 Å². The highest BCUT2D eigenvalue weighted by molar-refractivity contribution is 5.79. The molecule has 0 spiro atoms. The van der Waals surface area contributed by atoms with E-state index in [4.69, 9.17) is 0 Å². The largest absolute Gasteiger partial charge is 0.356 e. The lowest BCUT2D eigenvalue weighted by Crippen LogP contribution is -2.44. The van der Waals surface area contributed by atoms with Gasteiger partial charge in [-0.3, -0.25) is 4.99 Å². The first-order valence-electron chi connectivity index (χ1n) is 9.19. The van der Waals surface area contributed by atoms with Gasteiger partial charge in [0.2, 0.25) is 0 Å². The number of benzene rings is 1. The molecule has 1 fully saturated rings. The van der Waals surface area contributed by atoms with Gasteiger partial charge < -0.3 is 20.4 Å². The minimum Gasteiger partial charge on any atom is -0.356 e. The molecule has 2 rings (SSSR count). The summed E-state index contributed by atoms with van der Waals surface area (Å²) in [5, 5.41) is 6.63. The number of nitrogens with zero attached hydrogens (tertiary/aromatic N) is 3. The van der Waals surface area contributed by atoms with E-state index >= 15 is 0 Å². The lowest BCUT2D eigenvalue weighted by atomic mass is 10.1. The molecule has 0 saturated carbocycles. The van der Waals surface area contributed by atoms with Crippen LogP contribution in [0.25, 0.3) is 0 Å². The van der Waals surface area contributed by atoms with Gasteiger partial charge in [-0.2, -0.15) is 0 Å². The highest BCUT2D eigenvalue weighted by Crippen LogP contribution is 2.08. The Morgan fingerprint density at radius 3 is 2.60 bits per heavy atom. The van der Waals surface area contributed by atoms with Gasteiger partial charge in [-0.15, -0.1) is 0 Å². The summed E-state index contributed by atoms with van der Waals surface area (Å²) < 4.78 is 13.3. The monoisotopic (exact) mass is 349 g/mol. The lowest BCUT2D eigenvalue weighted by molar-refractivity contribution is 0.152. The van der Waals surface area contributed by atoms with Gasteiger partial charge in [-0.1, -0.05) is 12.1 Å². The molecular formula is C19H32FN5. The average molecular weight is 349 g/mol. The first-order chi connectivity index (χ1) is 12.1. The van der Waals surface area contributed by atoms with Crippen molar-refractivity contribution in [3.05, 3.63) is 35.1 Å². The predicted molar refractivity (Wildman–Crippen MR) is 103 cm³/mol. The van der Waals surface area contributed by atoms with Crippen LogP contribution in [0, 0.1) is 12.7 Å². The van der Waals surface area contributed by atoms with Gasteiger partial charge in [-0.25, -0.2) is 4.39 Å². The SMILES string of the molecule is CN=C(NCCCCN1CCN(C)CC1)NCc1ccc(F)c(C)c1. The molecule has 0 bridgehead atoms. The quantitative estimate of drug-likeness (QED) is 0.448. The third-order valence-electron chi connectivity index (χ3n) is 4.70. The molecule has 0 unspecified atom stereocenters. The summed E-state index contributed by atoms with van der Waals surface area (Å²) in [6, 6.07) is 5.19. The van der Waals surface area contributed by atoms with Crippen LogP contribution in [0.2, 0.25) is 0 Å². The summed E-state index contributed by atoms with van der Waals surface area (Å²) in [6.45, 7) is 9.24. The molecule has 140 valence electrons. The minimum absolute atomic E-state index is 0.161. The van der Waals surface area contributed by atoms with Crippen molar-refractivity contribution in [2.75, 3.05) is 53.4 Å². The molecule has 1 aromatic carbocycles. The number of nitrogens with one attached hydrogen (secondary N) is 2. The van der Waals surface area contributed by atoms with Gasteiger partial charge in [0.25, 0.3) is 0 Å². The van der Waals surface area contributed by atoms with Crippen molar-refractivity contribution in [2.45, 2.75) is 26.3 Å².